The summed E-state index contributed by atoms with van der Waals surface area (Å²) in [7, 11) is 0. The van der Waals surface area contributed by atoms with Crippen LogP contribution in [0.5, 0.6) is 5.75 Å². The summed E-state index contributed by atoms with van der Waals surface area (Å²) >= 11 is 11.5. The standard InChI is InChI=1S/C8H10Cl2N2O/c9-7-2-1-6(5-8(7)10)13-4-3-12-11/h1-2,5,12H,3-4,11H2. The Bertz CT molecular complexity index is 281. The Hall–Kier alpha value is -0.480. The molecule has 0 saturated heterocycles. The van der Waals surface area contributed by atoms with Crippen molar-refractivity contribution in [1.82, 2.24) is 5.43 Å². The van der Waals surface area contributed by atoms with E-state index in [4.69, 9.17) is 33.8 Å². The third-order valence-electron chi connectivity index (χ3n) is 1.41. The Balaban J connectivity index is 2.53. The van der Waals surface area contributed by atoms with Gasteiger partial charge in [-0.15, -0.1) is 0 Å². The van der Waals surface area contributed by atoms with Gasteiger partial charge in [-0.25, -0.2) is 0 Å². The van der Waals surface area contributed by atoms with Crippen molar-refractivity contribution < 1.29 is 4.74 Å². The average molecular weight is 221 g/mol. The second-order valence-electron chi connectivity index (χ2n) is 2.38. The van der Waals surface area contributed by atoms with E-state index in [1.807, 2.05) is 0 Å². The van der Waals surface area contributed by atoms with Crippen molar-refractivity contribution in [2.45, 2.75) is 0 Å². The molecular formula is C8H10Cl2N2O. The van der Waals surface area contributed by atoms with Gasteiger partial charge in [-0.2, -0.15) is 0 Å². The lowest BCUT2D eigenvalue weighted by atomic mass is 10.3. The Labute approximate surface area is 86.7 Å². The fourth-order valence-corrected chi connectivity index (χ4v) is 1.08. The van der Waals surface area contributed by atoms with Crippen LogP contribution in [-0.2, 0) is 0 Å². The molecule has 0 spiro atoms. The predicted octanol–water partition coefficient (Wildman–Crippen LogP) is 1.84. The quantitative estimate of drug-likeness (QED) is 0.463. The van der Waals surface area contributed by atoms with E-state index in [0.29, 0.717) is 28.9 Å². The van der Waals surface area contributed by atoms with Crippen molar-refractivity contribution >= 4 is 23.2 Å². The lowest BCUT2D eigenvalue weighted by Crippen LogP contribution is -2.27. The van der Waals surface area contributed by atoms with Crippen LogP contribution in [0.4, 0.5) is 0 Å². The number of hydrogen-bond acceptors (Lipinski definition) is 3. The Morgan fingerprint density at radius 2 is 2.08 bits per heavy atom. The molecule has 0 atom stereocenters. The third-order valence-corrected chi connectivity index (χ3v) is 2.15. The molecule has 13 heavy (non-hydrogen) atoms. The van der Waals surface area contributed by atoms with Crippen molar-refractivity contribution in [2.24, 2.45) is 5.84 Å². The van der Waals surface area contributed by atoms with E-state index in [9.17, 15) is 0 Å². The molecule has 0 bridgehead atoms. The molecule has 0 saturated carbocycles. The van der Waals surface area contributed by atoms with E-state index in [-0.39, 0.29) is 0 Å². The number of nitrogens with two attached hydrogens (primary N) is 1. The van der Waals surface area contributed by atoms with Gasteiger partial charge in [0.15, 0.2) is 0 Å². The summed E-state index contributed by atoms with van der Waals surface area (Å²) in [5.74, 6) is 5.75. The topological polar surface area (TPSA) is 47.3 Å². The molecule has 1 aromatic rings. The zero-order valence-electron chi connectivity index (χ0n) is 6.89. The number of rotatable bonds is 4. The first kappa shape index (κ1) is 10.6. The summed E-state index contributed by atoms with van der Waals surface area (Å²) < 4.78 is 5.30. The zero-order valence-corrected chi connectivity index (χ0v) is 8.40. The van der Waals surface area contributed by atoms with Crippen LogP contribution in [0.1, 0.15) is 0 Å². The first-order chi connectivity index (χ1) is 6.24. The normalized spacial score (nSPS) is 10.1. The molecule has 0 unspecified atom stereocenters. The Kier molecular flexibility index (Phi) is 4.32. The van der Waals surface area contributed by atoms with Gasteiger partial charge < -0.3 is 4.74 Å². The summed E-state index contributed by atoms with van der Waals surface area (Å²) in [5, 5.41) is 1.01. The van der Waals surface area contributed by atoms with Gasteiger partial charge in [0.2, 0.25) is 0 Å². The highest BCUT2D eigenvalue weighted by Crippen LogP contribution is 2.26. The minimum Gasteiger partial charge on any atom is -0.492 e. The maximum absolute atomic E-state index is 5.77. The fourth-order valence-electron chi connectivity index (χ4n) is 0.794. The van der Waals surface area contributed by atoms with Crippen molar-refractivity contribution in [2.75, 3.05) is 13.2 Å². The van der Waals surface area contributed by atoms with Crippen molar-refractivity contribution in [3.63, 3.8) is 0 Å². The monoisotopic (exact) mass is 220 g/mol. The van der Waals surface area contributed by atoms with Gasteiger partial charge in [0.25, 0.3) is 0 Å². The van der Waals surface area contributed by atoms with Crippen LogP contribution in [0.25, 0.3) is 0 Å². The predicted molar refractivity (Wildman–Crippen MR) is 54.1 cm³/mol. The van der Waals surface area contributed by atoms with E-state index in [0.717, 1.165) is 0 Å². The molecule has 0 fully saturated rings. The molecule has 0 radical (unpaired) electrons. The van der Waals surface area contributed by atoms with Crippen molar-refractivity contribution in [1.29, 1.82) is 0 Å². The molecule has 0 aliphatic heterocycles. The lowest BCUT2D eigenvalue weighted by molar-refractivity contribution is 0.315. The summed E-state index contributed by atoms with van der Waals surface area (Å²) in [4.78, 5) is 0. The minimum atomic E-state index is 0.486. The van der Waals surface area contributed by atoms with Crippen LogP contribution < -0.4 is 16.0 Å². The summed E-state index contributed by atoms with van der Waals surface area (Å²) in [5.41, 5.74) is 2.48. The van der Waals surface area contributed by atoms with Gasteiger partial charge in [-0.1, -0.05) is 23.2 Å². The minimum absolute atomic E-state index is 0.486. The smallest absolute Gasteiger partial charge is 0.120 e. The highest BCUT2D eigenvalue weighted by molar-refractivity contribution is 6.42. The van der Waals surface area contributed by atoms with Crippen LogP contribution >= 0.6 is 23.2 Å². The van der Waals surface area contributed by atoms with Gasteiger partial charge in [-0.3, -0.25) is 11.3 Å². The maximum Gasteiger partial charge on any atom is 0.120 e. The van der Waals surface area contributed by atoms with Gasteiger partial charge in [0.05, 0.1) is 10.0 Å². The number of benzene rings is 1. The third kappa shape index (κ3) is 3.40. The number of halogens is 2. The molecular weight excluding hydrogens is 211 g/mol. The van der Waals surface area contributed by atoms with E-state index >= 15 is 0 Å². The van der Waals surface area contributed by atoms with Gasteiger partial charge >= 0.3 is 0 Å². The van der Waals surface area contributed by atoms with E-state index < -0.39 is 0 Å². The number of nitrogens with one attached hydrogen (secondary N) is 1. The molecule has 0 heterocycles. The van der Waals surface area contributed by atoms with Gasteiger partial charge in [0, 0.05) is 12.6 Å². The number of ether oxygens (including phenoxy) is 1. The second-order valence-corrected chi connectivity index (χ2v) is 3.19. The summed E-state index contributed by atoms with van der Waals surface area (Å²) in [6.45, 7) is 1.08. The zero-order chi connectivity index (χ0) is 9.68. The lowest BCUT2D eigenvalue weighted by Gasteiger charge is -2.05. The molecule has 0 aliphatic rings. The molecule has 1 rings (SSSR count). The van der Waals surface area contributed by atoms with Crippen molar-refractivity contribution in [3.05, 3.63) is 28.2 Å². The molecule has 72 valence electrons. The molecule has 0 aliphatic carbocycles. The second kappa shape index (κ2) is 5.29. The maximum atomic E-state index is 5.77. The van der Waals surface area contributed by atoms with Crippen LogP contribution in [-0.4, -0.2) is 13.2 Å². The van der Waals surface area contributed by atoms with Gasteiger partial charge in [-0.05, 0) is 12.1 Å². The van der Waals surface area contributed by atoms with Crippen LogP contribution in [0.3, 0.4) is 0 Å². The van der Waals surface area contributed by atoms with Crippen LogP contribution in [0, 0.1) is 0 Å². The SMILES string of the molecule is NNCCOc1ccc(Cl)c(Cl)c1. The van der Waals surface area contributed by atoms with E-state index in [2.05, 4.69) is 5.43 Å². The number of hydrazine groups is 1. The first-order valence-corrected chi connectivity index (χ1v) is 4.51. The Morgan fingerprint density at radius 1 is 1.31 bits per heavy atom. The van der Waals surface area contributed by atoms with Crippen LogP contribution in [0.15, 0.2) is 18.2 Å². The summed E-state index contributed by atoms with van der Waals surface area (Å²) in [6.07, 6.45) is 0. The average Bonchev–Trinajstić information content (AvgIpc) is 2.12. The largest absolute Gasteiger partial charge is 0.492 e. The molecule has 3 N–H and O–H groups in total. The highest BCUT2D eigenvalue weighted by Gasteiger charge is 1.99. The Morgan fingerprint density at radius 3 is 2.69 bits per heavy atom. The molecule has 0 amide bonds. The molecule has 5 heteroatoms. The first-order valence-electron chi connectivity index (χ1n) is 3.75. The number of hydrogen-bond donors (Lipinski definition) is 2. The van der Waals surface area contributed by atoms with Gasteiger partial charge in [0.1, 0.15) is 12.4 Å². The van der Waals surface area contributed by atoms with Crippen LogP contribution in [0.2, 0.25) is 10.0 Å². The van der Waals surface area contributed by atoms with E-state index in [1.165, 1.54) is 0 Å². The molecule has 0 aromatic heterocycles. The van der Waals surface area contributed by atoms with Crippen molar-refractivity contribution in [3.8, 4) is 5.75 Å². The highest BCUT2D eigenvalue weighted by atomic mass is 35.5. The fraction of sp³-hybridized carbons (Fsp3) is 0.250. The van der Waals surface area contributed by atoms with E-state index in [1.54, 1.807) is 18.2 Å². The summed E-state index contributed by atoms with van der Waals surface area (Å²) in [6, 6.07) is 5.11. The molecule has 1 aromatic carbocycles. The molecule has 3 nitrogen and oxygen atoms in total.